The van der Waals surface area contributed by atoms with Crippen LogP contribution in [0.5, 0.6) is 0 Å². The number of aliphatic hydroxyl groups excluding tert-OH is 2. The van der Waals surface area contributed by atoms with Gasteiger partial charge in [-0.1, -0.05) is 127 Å². The highest BCUT2D eigenvalue weighted by atomic mass is 16.3. The van der Waals surface area contributed by atoms with Gasteiger partial charge >= 0.3 is 0 Å². The molecule has 4 heteroatoms. The Morgan fingerprint density at radius 2 is 1.08 bits per heavy atom. The lowest BCUT2D eigenvalue weighted by molar-refractivity contribution is -0.123. The van der Waals surface area contributed by atoms with Gasteiger partial charge in [0.2, 0.25) is 5.91 Å². The monoisotopic (exact) mass is 545 g/mol. The van der Waals surface area contributed by atoms with Gasteiger partial charge in [0, 0.05) is 6.42 Å². The Hall–Kier alpha value is -1.65. The maximum absolute atomic E-state index is 12.2. The van der Waals surface area contributed by atoms with E-state index >= 15 is 0 Å². The van der Waals surface area contributed by atoms with Crippen LogP contribution in [-0.4, -0.2) is 34.9 Å². The predicted molar refractivity (Wildman–Crippen MR) is 170 cm³/mol. The van der Waals surface area contributed by atoms with E-state index in [9.17, 15) is 15.0 Å². The van der Waals surface area contributed by atoms with Crippen molar-refractivity contribution in [2.24, 2.45) is 0 Å². The van der Waals surface area contributed by atoms with Gasteiger partial charge < -0.3 is 15.5 Å². The van der Waals surface area contributed by atoms with E-state index in [1.807, 2.05) is 6.08 Å². The third-order valence-electron chi connectivity index (χ3n) is 7.03. The first-order valence-electron chi connectivity index (χ1n) is 16.4. The summed E-state index contributed by atoms with van der Waals surface area (Å²) in [5, 5.41) is 22.7. The highest BCUT2D eigenvalue weighted by Gasteiger charge is 2.17. The van der Waals surface area contributed by atoms with Crippen LogP contribution >= 0.6 is 0 Å². The highest BCUT2D eigenvalue weighted by molar-refractivity contribution is 5.76. The van der Waals surface area contributed by atoms with Gasteiger partial charge in [0.05, 0.1) is 18.8 Å². The van der Waals surface area contributed by atoms with Crippen molar-refractivity contribution in [2.75, 3.05) is 6.61 Å². The Morgan fingerprint density at radius 3 is 1.69 bits per heavy atom. The molecule has 0 aliphatic rings. The molecular weight excluding hydrogens is 482 g/mol. The minimum atomic E-state index is -0.865. The van der Waals surface area contributed by atoms with E-state index in [-0.39, 0.29) is 12.5 Å². The van der Waals surface area contributed by atoms with Crippen LogP contribution in [0.15, 0.2) is 48.6 Å². The normalized spacial score (nSPS) is 13.8. The van der Waals surface area contributed by atoms with Crippen LogP contribution in [0.2, 0.25) is 0 Å². The third-order valence-corrected chi connectivity index (χ3v) is 7.03. The molecule has 0 aliphatic heterocycles. The zero-order chi connectivity index (χ0) is 28.7. The van der Waals surface area contributed by atoms with E-state index in [1.165, 1.54) is 77.0 Å². The summed E-state index contributed by atoms with van der Waals surface area (Å²) in [5.41, 5.74) is 0. The molecule has 4 nitrogen and oxygen atoms in total. The van der Waals surface area contributed by atoms with Crippen LogP contribution < -0.4 is 5.32 Å². The number of nitrogens with one attached hydrogen (secondary N) is 1. The number of amides is 1. The third kappa shape index (κ3) is 27.7. The summed E-state index contributed by atoms with van der Waals surface area (Å²) in [6, 6.07) is -0.644. The summed E-state index contributed by atoms with van der Waals surface area (Å²) >= 11 is 0. The van der Waals surface area contributed by atoms with Crippen molar-refractivity contribution in [3.05, 3.63) is 48.6 Å². The summed E-state index contributed by atoms with van der Waals surface area (Å²) < 4.78 is 0. The van der Waals surface area contributed by atoms with Crippen LogP contribution in [0.25, 0.3) is 0 Å². The molecule has 0 fully saturated rings. The summed E-state index contributed by atoms with van der Waals surface area (Å²) in [4.78, 5) is 12.2. The Labute approximate surface area is 242 Å². The van der Waals surface area contributed by atoms with Gasteiger partial charge in [0.25, 0.3) is 0 Å². The number of carbonyl (C=O) groups is 1. The van der Waals surface area contributed by atoms with E-state index in [0.717, 1.165) is 51.4 Å². The van der Waals surface area contributed by atoms with Crippen LogP contribution in [0, 0.1) is 0 Å². The van der Waals surface area contributed by atoms with Crippen molar-refractivity contribution in [3.8, 4) is 0 Å². The first-order valence-corrected chi connectivity index (χ1v) is 16.4. The lowest BCUT2D eigenvalue weighted by Crippen LogP contribution is -2.45. The molecule has 0 saturated heterocycles. The molecule has 0 aliphatic carbocycles. The van der Waals surface area contributed by atoms with Crippen molar-refractivity contribution < 1.29 is 15.0 Å². The molecule has 0 rings (SSSR count). The van der Waals surface area contributed by atoms with Gasteiger partial charge in [-0.05, 0) is 64.2 Å². The molecule has 0 aromatic carbocycles. The lowest BCUT2D eigenvalue weighted by atomic mass is 10.1. The van der Waals surface area contributed by atoms with Gasteiger partial charge in [-0.2, -0.15) is 0 Å². The minimum Gasteiger partial charge on any atom is -0.394 e. The predicted octanol–water partition coefficient (Wildman–Crippen LogP) is 9.28. The summed E-state index contributed by atoms with van der Waals surface area (Å²) in [5.74, 6) is -0.0928. The molecule has 0 aromatic rings. The number of aliphatic hydroxyl groups is 2. The average molecular weight is 546 g/mol. The van der Waals surface area contributed by atoms with Crippen LogP contribution in [0.3, 0.4) is 0 Å². The largest absolute Gasteiger partial charge is 0.394 e. The molecule has 0 heterocycles. The molecule has 0 radical (unpaired) electrons. The van der Waals surface area contributed by atoms with E-state index in [0.29, 0.717) is 6.42 Å². The van der Waals surface area contributed by atoms with Crippen molar-refractivity contribution in [3.63, 3.8) is 0 Å². The maximum Gasteiger partial charge on any atom is 0.220 e. The summed E-state index contributed by atoms with van der Waals surface area (Å²) in [7, 11) is 0. The number of carbonyl (C=O) groups excluding carboxylic acids is 1. The van der Waals surface area contributed by atoms with Gasteiger partial charge in [-0.3, -0.25) is 4.79 Å². The Balaban J connectivity index is 3.76. The zero-order valence-corrected chi connectivity index (χ0v) is 25.6. The van der Waals surface area contributed by atoms with Crippen LogP contribution in [0.1, 0.15) is 149 Å². The van der Waals surface area contributed by atoms with Crippen molar-refractivity contribution in [1.29, 1.82) is 0 Å². The van der Waals surface area contributed by atoms with Gasteiger partial charge in [-0.25, -0.2) is 0 Å². The SMILES string of the molecule is CCCCC/C=C/C/C=C/CCCCCCCC(=O)N[C@@H](CO)[C@H](O)/C=C/CC/C=C/CCCCCCCC. The maximum atomic E-state index is 12.2. The molecule has 0 aromatic heterocycles. The fraction of sp³-hybridized carbons (Fsp3) is 0.743. The number of rotatable bonds is 28. The summed E-state index contributed by atoms with van der Waals surface area (Å²) in [6.45, 7) is 4.22. The number of allylic oxidation sites excluding steroid dienone is 7. The Morgan fingerprint density at radius 1 is 0.615 bits per heavy atom. The smallest absolute Gasteiger partial charge is 0.220 e. The average Bonchev–Trinajstić information content (AvgIpc) is 2.94. The quantitative estimate of drug-likeness (QED) is 0.0677. The van der Waals surface area contributed by atoms with Gasteiger partial charge in [0.1, 0.15) is 0 Å². The molecule has 0 unspecified atom stereocenters. The van der Waals surface area contributed by atoms with Gasteiger partial charge in [-0.15, -0.1) is 0 Å². The van der Waals surface area contributed by atoms with Crippen molar-refractivity contribution in [2.45, 2.75) is 161 Å². The fourth-order valence-electron chi connectivity index (χ4n) is 4.46. The molecule has 1 amide bonds. The topological polar surface area (TPSA) is 69.6 Å². The number of hydrogen-bond donors (Lipinski definition) is 3. The Bertz CT molecular complexity index is 638. The van der Waals surface area contributed by atoms with Crippen LogP contribution in [-0.2, 0) is 4.79 Å². The molecule has 39 heavy (non-hydrogen) atoms. The second kappa shape index (κ2) is 30.9. The second-order valence-electron chi connectivity index (χ2n) is 10.9. The minimum absolute atomic E-state index is 0.0928. The van der Waals surface area contributed by atoms with Crippen molar-refractivity contribution in [1.82, 2.24) is 5.32 Å². The molecule has 0 spiro atoms. The zero-order valence-electron chi connectivity index (χ0n) is 25.6. The number of unbranched alkanes of at least 4 members (excludes halogenated alkanes) is 15. The number of hydrogen-bond acceptors (Lipinski definition) is 3. The molecule has 0 bridgehead atoms. The van der Waals surface area contributed by atoms with E-state index in [2.05, 4.69) is 55.6 Å². The highest BCUT2D eigenvalue weighted by Crippen LogP contribution is 2.10. The molecule has 3 N–H and O–H groups in total. The summed E-state index contributed by atoms with van der Waals surface area (Å²) in [6.07, 6.45) is 40.4. The molecule has 2 atom stereocenters. The van der Waals surface area contributed by atoms with Crippen molar-refractivity contribution >= 4 is 5.91 Å². The van der Waals surface area contributed by atoms with E-state index in [4.69, 9.17) is 0 Å². The fourth-order valence-corrected chi connectivity index (χ4v) is 4.46. The second-order valence-corrected chi connectivity index (χ2v) is 10.9. The van der Waals surface area contributed by atoms with E-state index in [1.54, 1.807) is 6.08 Å². The Kier molecular flexibility index (Phi) is 29.6. The molecular formula is C35H63NO3. The van der Waals surface area contributed by atoms with Crippen LogP contribution in [0.4, 0.5) is 0 Å². The standard InChI is InChI=1S/C35H63NO3/c1-3-5-7-9-11-13-15-17-18-19-21-23-25-27-29-31-35(39)36-33(32-37)34(38)30-28-26-24-22-20-16-14-12-10-8-6-4-2/h11,13,17-18,20,22,28,30,33-34,37-38H,3-10,12,14-16,19,21,23-27,29,31-32H2,1-2H3,(H,36,39)/b13-11+,18-17+,22-20+,30-28+/t33-,34+/m0/s1. The first-order chi connectivity index (χ1) is 19.2. The van der Waals surface area contributed by atoms with Gasteiger partial charge in [0.15, 0.2) is 0 Å². The molecule has 0 saturated carbocycles. The lowest BCUT2D eigenvalue weighted by Gasteiger charge is -2.19. The molecule has 226 valence electrons. The van der Waals surface area contributed by atoms with E-state index < -0.39 is 12.1 Å². The first kappa shape index (κ1) is 37.4.